The summed E-state index contributed by atoms with van der Waals surface area (Å²) >= 11 is 9.85. The third-order valence-corrected chi connectivity index (χ3v) is 6.81. The van der Waals surface area contributed by atoms with E-state index in [1.807, 2.05) is 49.4 Å². The molecule has 4 rings (SSSR count). The first-order valence-corrected chi connectivity index (χ1v) is 12.7. The summed E-state index contributed by atoms with van der Waals surface area (Å²) < 4.78 is 12.5. The zero-order chi connectivity index (χ0) is 24.1. The predicted octanol–water partition coefficient (Wildman–Crippen LogP) is 6.83. The molecule has 1 fully saturated rings. The highest BCUT2D eigenvalue weighted by Crippen LogP contribution is 2.34. The largest absolute Gasteiger partial charge is 0.488 e. The van der Waals surface area contributed by atoms with Crippen molar-refractivity contribution < 1.29 is 14.3 Å². The summed E-state index contributed by atoms with van der Waals surface area (Å²) in [5.74, 6) is 1.49. The molecule has 0 atom stereocenters. The van der Waals surface area contributed by atoms with E-state index in [0.29, 0.717) is 18.2 Å². The Hall–Kier alpha value is -2.57. The zero-order valence-electron chi connectivity index (χ0n) is 19.4. The van der Waals surface area contributed by atoms with Gasteiger partial charge < -0.3 is 14.4 Å². The average molecular weight is 544 g/mol. The van der Waals surface area contributed by atoms with Gasteiger partial charge in [0, 0.05) is 28.1 Å². The fourth-order valence-corrected chi connectivity index (χ4v) is 4.81. The topological polar surface area (TPSA) is 51.7 Å². The number of aromatic nitrogens is 1. The molecule has 178 valence electrons. The molecule has 5 nitrogen and oxygen atoms in total. The Morgan fingerprint density at radius 1 is 1.15 bits per heavy atom. The molecule has 0 spiro atoms. The van der Waals surface area contributed by atoms with Crippen molar-refractivity contribution in [1.82, 2.24) is 4.98 Å². The molecule has 7 heteroatoms. The van der Waals surface area contributed by atoms with E-state index in [0.717, 1.165) is 64.4 Å². The third-order valence-electron chi connectivity index (χ3n) is 6.08. The van der Waals surface area contributed by atoms with E-state index in [1.54, 1.807) is 0 Å². The van der Waals surface area contributed by atoms with Crippen LogP contribution in [-0.4, -0.2) is 30.6 Å². The normalized spacial score (nSPS) is 14.2. The monoisotopic (exact) mass is 542 g/mol. The predicted molar refractivity (Wildman–Crippen MR) is 139 cm³/mol. The van der Waals surface area contributed by atoms with Gasteiger partial charge in [0.1, 0.15) is 18.2 Å². The van der Waals surface area contributed by atoms with Crippen LogP contribution < -0.4 is 9.64 Å². The minimum atomic E-state index is -0.0920. The molecule has 2 heterocycles. The number of benzene rings is 2. The molecule has 0 amide bonds. The van der Waals surface area contributed by atoms with Crippen LogP contribution in [0.15, 0.2) is 59.1 Å². The molecular formula is C27H28BrClN2O3. The van der Waals surface area contributed by atoms with Crippen molar-refractivity contribution >= 4 is 39.3 Å². The highest BCUT2D eigenvalue weighted by atomic mass is 79.9. The highest BCUT2D eigenvalue weighted by molar-refractivity contribution is 9.10. The van der Waals surface area contributed by atoms with E-state index >= 15 is 0 Å². The maximum absolute atomic E-state index is 12.1. The van der Waals surface area contributed by atoms with Crippen molar-refractivity contribution in [3.63, 3.8) is 0 Å². The van der Waals surface area contributed by atoms with Gasteiger partial charge in [-0.15, -0.1) is 0 Å². The van der Waals surface area contributed by atoms with Gasteiger partial charge in [-0.05, 0) is 80.3 Å². The molecule has 2 aromatic carbocycles. The van der Waals surface area contributed by atoms with Gasteiger partial charge >= 0.3 is 5.97 Å². The van der Waals surface area contributed by atoms with E-state index in [4.69, 9.17) is 26.1 Å². The van der Waals surface area contributed by atoms with Crippen LogP contribution in [0.1, 0.15) is 30.9 Å². The van der Waals surface area contributed by atoms with Gasteiger partial charge in [-0.3, -0.25) is 4.79 Å². The van der Waals surface area contributed by atoms with Crippen molar-refractivity contribution in [3.8, 4) is 17.0 Å². The summed E-state index contributed by atoms with van der Waals surface area (Å²) in [5, 5.41) is 0.629. The van der Waals surface area contributed by atoms with Gasteiger partial charge in [0.25, 0.3) is 0 Å². The van der Waals surface area contributed by atoms with E-state index in [2.05, 4.69) is 39.9 Å². The molecular weight excluding hydrogens is 516 g/mol. The van der Waals surface area contributed by atoms with Crippen molar-refractivity contribution in [2.24, 2.45) is 5.92 Å². The molecule has 1 saturated heterocycles. The van der Waals surface area contributed by atoms with Crippen LogP contribution in [0.25, 0.3) is 11.3 Å². The second-order valence-corrected chi connectivity index (χ2v) is 9.75. The Balaban J connectivity index is 1.52. The Labute approximate surface area is 214 Å². The molecule has 0 bridgehead atoms. The Morgan fingerprint density at radius 2 is 1.94 bits per heavy atom. The SMILES string of the molecule is CCOC(=O)C1CCN(c2cccc(-c3cc(Cl)ccc3OCc3ccc(Br)cc3C)n2)CC1. The number of hydrogen-bond donors (Lipinski definition) is 0. The number of piperidine rings is 1. The molecule has 1 aliphatic heterocycles. The summed E-state index contributed by atoms with van der Waals surface area (Å²) in [6.45, 7) is 6.32. The van der Waals surface area contributed by atoms with Crippen LogP contribution in [0, 0.1) is 12.8 Å². The molecule has 0 unspecified atom stereocenters. The van der Waals surface area contributed by atoms with Gasteiger partial charge in [-0.25, -0.2) is 4.98 Å². The van der Waals surface area contributed by atoms with Crippen molar-refractivity contribution in [2.45, 2.75) is 33.3 Å². The Bertz CT molecular complexity index is 1160. The number of ether oxygens (including phenoxy) is 2. The number of esters is 1. The van der Waals surface area contributed by atoms with Crippen molar-refractivity contribution in [2.75, 3.05) is 24.6 Å². The number of carbonyl (C=O) groups is 1. The van der Waals surface area contributed by atoms with Gasteiger partial charge in [-0.1, -0.05) is 39.7 Å². The summed E-state index contributed by atoms with van der Waals surface area (Å²) in [6, 6.07) is 17.8. The lowest BCUT2D eigenvalue weighted by Gasteiger charge is -2.32. The summed E-state index contributed by atoms with van der Waals surface area (Å²) in [4.78, 5) is 19.2. The lowest BCUT2D eigenvalue weighted by molar-refractivity contribution is -0.148. The van der Waals surface area contributed by atoms with Crippen LogP contribution in [0.5, 0.6) is 5.75 Å². The number of aryl methyl sites for hydroxylation is 1. The number of halogens is 2. The lowest BCUT2D eigenvalue weighted by atomic mass is 9.97. The van der Waals surface area contributed by atoms with Gasteiger partial charge in [0.05, 0.1) is 18.2 Å². The van der Waals surface area contributed by atoms with E-state index < -0.39 is 0 Å². The van der Waals surface area contributed by atoms with E-state index in [-0.39, 0.29) is 11.9 Å². The fourth-order valence-electron chi connectivity index (χ4n) is 4.16. The van der Waals surface area contributed by atoms with Crippen molar-refractivity contribution in [1.29, 1.82) is 0 Å². The number of rotatable bonds is 7. The fraction of sp³-hybridized carbons (Fsp3) is 0.333. The average Bonchev–Trinajstić information content (AvgIpc) is 2.84. The zero-order valence-corrected chi connectivity index (χ0v) is 21.7. The highest BCUT2D eigenvalue weighted by Gasteiger charge is 2.26. The number of carbonyl (C=O) groups excluding carboxylic acids is 1. The van der Waals surface area contributed by atoms with Crippen LogP contribution in [-0.2, 0) is 16.1 Å². The minimum Gasteiger partial charge on any atom is -0.488 e. The first-order valence-electron chi connectivity index (χ1n) is 11.5. The van der Waals surface area contributed by atoms with E-state index in [9.17, 15) is 4.79 Å². The quantitative estimate of drug-likeness (QED) is 0.306. The van der Waals surface area contributed by atoms with E-state index in [1.165, 1.54) is 0 Å². The van der Waals surface area contributed by atoms with Gasteiger partial charge in [-0.2, -0.15) is 0 Å². The lowest BCUT2D eigenvalue weighted by Crippen LogP contribution is -2.37. The summed E-state index contributed by atoms with van der Waals surface area (Å²) in [5.41, 5.74) is 3.94. The summed E-state index contributed by atoms with van der Waals surface area (Å²) in [7, 11) is 0. The first kappa shape index (κ1) is 24.6. The molecule has 0 saturated carbocycles. The molecule has 3 aromatic rings. The maximum atomic E-state index is 12.1. The first-order chi connectivity index (χ1) is 16.4. The molecule has 1 aromatic heterocycles. The smallest absolute Gasteiger partial charge is 0.309 e. The maximum Gasteiger partial charge on any atom is 0.309 e. The third kappa shape index (κ3) is 5.91. The second kappa shape index (κ2) is 11.2. The van der Waals surface area contributed by atoms with Crippen LogP contribution >= 0.6 is 27.5 Å². The number of nitrogens with zero attached hydrogens (tertiary/aromatic N) is 2. The van der Waals surface area contributed by atoms with Crippen LogP contribution in [0.3, 0.4) is 0 Å². The number of anilines is 1. The summed E-state index contributed by atoms with van der Waals surface area (Å²) in [6.07, 6.45) is 1.53. The molecule has 0 aliphatic carbocycles. The van der Waals surface area contributed by atoms with Gasteiger partial charge in [0.15, 0.2) is 0 Å². The second-order valence-electron chi connectivity index (χ2n) is 8.39. The standard InChI is InChI=1S/C27H28BrClN2O3/c1-3-33-27(32)19-11-13-31(14-12-19)26-6-4-5-24(30-26)23-16-22(29)9-10-25(23)34-17-20-7-8-21(28)15-18(20)2/h4-10,15-16,19H,3,11-14,17H2,1-2H3. The Morgan fingerprint density at radius 3 is 2.68 bits per heavy atom. The number of hydrogen-bond acceptors (Lipinski definition) is 5. The van der Waals surface area contributed by atoms with Crippen LogP contribution in [0.2, 0.25) is 5.02 Å². The molecule has 1 aliphatic rings. The van der Waals surface area contributed by atoms with Crippen molar-refractivity contribution in [3.05, 3.63) is 75.2 Å². The Kier molecular flexibility index (Phi) is 8.11. The van der Waals surface area contributed by atoms with Gasteiger partial charge in [0.2, 0.25) is 0 Å². The molecule has 34 heavy (non-hydrogen) atoms. The number of pyridine rings is 1. The van der Waals surface area contributed by atoms with Crippen LogP contribution in [0.4, 0.5) is 5.82 Å². The molecule has 0 N–H and O–H groups in total. The molecule has 0 radical (unpaired) electrons. The minimum absolute atomic E-state index is 0.0330.